The Morgan fingerprint density at radius 2 is 1.76 bits per heavy atom. The van der Waals surface area contributed by atoms with Gasteiger partial charge in [0.2, 0.25) is 5.91 Å². The summed E-state index contributed by atoms with van der Waals surface area (Å²) in [6.45, 7) is 4.13. The largest absolute Gasteiger partial charge is 0.377 e. The number of nitrogens with zero attached hydrogens (tertiary/aromatic N) is 2. The zero-order valence-electron chi connectivity index (χ0n) is 17.4. The van der Waals surface area contributed by atoms with E-state index in [1.165, 1.54) is 24.3 Å². The fourth-order valence-corrected chi connectivity index (χ4v) is 3.21. The highest BCUT2D eigenvalue weighted by Gasteiger charge is 2.33. The van der Waals surface area contributed by atoms with Crippen molar-refractivity contribution in [2.45, 2.75) is 39.3 Å². The summed E-state index contributed by atoms with van der Waals surface area (Å²) in [7, 11) is 3.91. The molecular weight excluding hydrogens is 369 g/mol. The van der Waals surface area contributed by atoms with Crippen LogP contribution in [-0.4, -0.2) is 36.9 Å². The number of benzene rings is 2. The quantitative estimate of drug-likeness (QED) is 0.758. The molecule has 0 atom stereocenters. The zero-order chi connectivity index (χ0) is 21.1. The third-order valence-corrected chi connectivity index (χ3v) is 5.03. The lowest BCUT2D eigenvalue weighted by atomic mass is 10.1. The predicted molar refractivity (Wildman–Crippen MR) is 114 cm³/mol. The van der Waals surface area contributed by atoms with Crippen LogP contribution >= 0.6 is 0 Å². The normalized spacial score (nSPS) is 13.3. The van der Waals surface area contributed by atoms with E-state index in [1.807, 2.05) is 55.9 Å². The highest BCUT2D eigenvalue weighted by atomic mass is 19.1. The van der Waals surface area contributed by atoms with Crippen LogP contribution in [0.4, 0.5) is 15.8 Å². The van der Waals surface area contributed by atoms with Crippen LogP contribution in [0.2, 0.25) is 0 Å². The minimum absolute atomic E-state index is 0.0463. The molecule has 5 nitrogen and oxygen atoms in total. The van der Waals surface area contributed by atoms with Crippen LogP contribution in [0.3, 0.4) is 0 Å². The van der Waals surface area contributed by atoms with Gasteiger partial charge in [0.1, 0.15) is 5.82 Å². The number of halogens is 1. The Balaban J connectivity index is 1.89. The topological polar surface area (TPSA) is 52.7 Å². The Bertz CT molecular complexity index is 889. The molecule has 2 amide bonds. The van der Waals surface area contributed by atoms with Crippen molar-refractivity contribution in [1.29, 1.82) is 0 Å². The first-order valence-corrected chi connectivity index (χ1v) is 9.94. The van der Waals surface area contributed by atoms with Crippen molar-refractivity contribution in [3.8, 4) is 0 Å². The number of rotatable bonds is 7. The molecule has 154 valence electrons. The molecular formula is C23H28FN3O2. The van der Waals surface area contributed by atoms with Crippen LogP contribution < -0.4 is 10.2 Å². The summed E-state index contributed by atoms with van der Waals surface area (Å²) >= 11 is 0. The van der Waals surface area contributed by atoms with Crippen LogP contribution in [0.15, 0.2) is 42.5 Å². The van der Waals surface area contributed by atoms with Gasteiger partial charge in [-0.15, -0.1) is 0 Å². The number of carbonyl (C=O) groups excluding carboxylic acids is 2. The highest BCUT2D eigenvalue weighted by molar-refractivity contribution is 5.95. The standard InChI is InChI=1S/C23H28FN3O2/c1-15(2)22(28)25-19-9-12-21(26(3)4)17(13-19)14-27(20-10-11-20)23(29)16-5-7-18(24)8-6-16/h5-9,12-13,15,20H,10-11,14H2,1-4H3,(H,25,28). The van der Waals surface area contributed by atoms with E-state index in [-0.39, 0.29) is 29.6 Å². The van der Waals surface area contributed by atoms with Crippen molar-refractivity contribution >= 4 is 23.2 Å². The molecule has 1 saturated carbocycles. The van der Waals surface area contributed by atoms with Crippen molar-refractivity contribution in [2.75, 3.05) is 24.3 Å². The van der Waals surface area contributed by atoms with E-state index in [0.29, 0.717) is 17.8 Å². The third-order valence-electron chi connectivity index (χ3n) is 5.03. The van der Waals surface area contributed by atoms with Gasteiger partial charge in [0.05, 0.1) is 0 Å². The smallest absolute Gasteiger partial charge is 0.254 e. The van der Waals surface area contributed by atoms with Crippen LogP contribution in [0.5, 0.6) is 0 Å². The maximum Gasteiger partial charge on any atom is 0.254 e. The first-order valence-electron chi connectivity index (χ1n) is 9.94. The van der Waals surface area contributed by atoms with Crippen molar-refractivity contribution in [3.05, 3.63) is 59.4 Å². The maximum absolute atomic E-state index is 13.3. The van der Waals surface area contributed by atoms with E-state index < -0.39 is 0 Å². The molecule has 6 heteroatoms. The van der Waals surface area contributed by atoms with Gasteiger partial charge < -0.3 is 15.1 Å². The first-order chi connectivity index (χ1) is 13.8. The molecule has 1 fully saturated rings. The lowest BCUT2D eigenvalue weighted by Gasteiger charge is -2.26. The lowest BCUT2D eigenvalue weighted by Crippen LogP contribution is -2.33. The second-order valence-electron chi connectivity index (χ2n) is 8.05. The number of hydrogen-bond acceptors (Lipinski definition) is 3. The maximum atomic E-state index is 13.3. The molecule has 1 aliphatic carbocycles. The summed E-state index contributed by atoms with van der Waals surface area (Å²) in [6.07, 6.45) is 1.93. The summed E-state index contributed by atoms with van der Waals surface area (Å²) in [5, 5.41) is 2.93. The van der Waals surface area contributed by atoms with Crippen molar-refractivity contribution < 1.29 is 14.0 Å². The van der Waals surface area contributed by atoms with Crippen LogP contribution in [0.25, 0.3) is 0 Å². The van der Waals surface area contributed by atoms with Crippen molar-refractivity contribution in [1.82, 2.24) is 4.90 Å². The van der Waals surface area contributed by atoms with Gasteiger partial charge in [-0.25, -0.2) is 4.39 Å². The molecule has 0 aliphatic heterocycles. The zero-order valence-corrected chi connectivity index (χ0v) is 17.4. The summed E-state index contributed by atoms with van der Waals surface area (Å²) in [5.41, 5.74) is 3.15. The average molecular weight is 397 g/mol. The van der Waals surface area contributed by atoms with E-state index in [1.54, 1.807) is 0 Å². The van der Waals surface area contributed by atoms with E-state index >= 15 is 0 Å². The van der Waals surface area contributed by atoms with Gasteiger partial charge in [-0.1, -0.05) is 13.8 Å². The predicted octanol–water partition coefficient (Wildman–Crippen LogP) is 4.29. The van der Waals surface area contributed by atoms with Gasteiger partial charge in [0.15, 0.2) is 0 Å². The molecule has 3 rings (SSSR count). The van der Waals surface area contributed by atoms with Crippen molar-refractivity contribution in [3.63, 3.8) is 0 Å². The molecule has 1 aliphatic rings. The second kappa shape index (κ2) is 8.64. The fraction of sp³-hybridized carbons (Fsp3) is 0.391. The molecule has 2 aromatic carbocycles. The second-order valence-corrected chi connectivity index (χ2v) is 8.05. The van der Waals surface area contributed by atoms with E-state index in [0.717, 1.165) is 24.1 Å². The van der Waals surface area contributed by atoms with E-state index in [4.69, 9.17) is 0 Å². The molecule has 29 heavy (non-hydrogen) atoms. The Hall–Kier alpha value is -2.89. The van der Waals surface area contributed by atoms with Gasteiger partial charge in [-0.05, 0) is 60.9 Å². The van der Waals surface area contributed by atoms with Gasteiger partial charge >= 0.3 is 0 Å². The van der Waals surface area contributed by atoms with Gasteiger partial charge in [0, 0.05) is 49.5 Å². The fourth-order valence-electron chi connectivity index (χ4n) is 3.21. The number of hydrogen-bond donors (Lipinski definition) is 1. The number of nitrogens with one attached hydrogen (secondary N) is 1. The van der Waals surface area contributed by atoms with Crippen LogP contribution in [0.1, 0.15) is 42.6 Å². The highest BCUT2D eigenvalue weighted by Crippen LogP contribution is 2.33. The molecule has 2 aromatic rings. The first kappa shape index (κ1) is 20.8. The summed E-state index contributed by atoms with van der Waals surface area (Å²) < 4.78 is 13.3. The summed E-state index contributed by atoms with van der Waals surface area (Å²) in [6, 6.07) is 11.6. The summed E-state index contributed by atoms with van der Waals surface area (Å²) in [4.78, 5) is 29.0. The third kappa shape index (κ3) is 5.13. The van der Waals surface area contributed by atoms with E-state index in [9.17, 15) is 14.0 Å². The Labute approximate surface area is 171 Å². The molecule has 0 bridgehead atoms. The average Bonchev–Trinajstić information content (AvgIpc) is 3.51. The van der Waals surface area contributed by atoms with Crippen LogP contribution in [0, 0.1) is 11.7 Å². The monoisotopic (exact) mass is 397 g/mol. The Kier molecular flexibility index (Phi) is 6.20. The molecule has 0 saturated heterocycles. The lowest BCUT2D eigenvalue weighted by molar-refractivity contribution is -0.118. The molecule has 1 N–H and O–H groups in total. The minimum atomic E-state index is -0.358. The van der Waals surface area contributed by atoms with Gasteiger partial charge in [-0.3, -0.25) is 9.59 Å². The molecule has 0 heterocycles. The molecule has 0 unspecified atom stereocenters. The van der Waals surface area contributed by atoms with Crippen LogP contribution in [-0.2, 0) is 11.3 Å². The molecule has 0 radical (unpaired) electrons. The molecule has 0 aromatic heterocycles. The van der Waals surface area contributed by atoms with Crippen molar-refractivity contribution in [2.24, 2.45) is 5.92 Å². The number of anilines is 2. The SMILES string of the molecule is CC(C)C(=O)Nc1ccc(N(C)C)c(CN(C(=O)c2ccc(F)cc2)C2CC2)c1. The van der Waals surface area contributed by atoms with E-state index in [2.05, 4.69) is 5.32 Å². The number of carbonyl (C=O) groups is 2. The van der Waals surface area contributed by atoms with Gasteiger partial charge in [-0.2, -0.15) is 0 Å². The van der Waals surface area contributed by atoms with Gasteiger partial charge in [0.25, 0.3) is 5.91 Å². The summed E-state index contributed by atoms with van der Waals surface area (Å²) in [5.74, 6) is -0.623. The molecule has 0 spiro atoms. The minimum Gasteiger partial charge on any atom is -0.377 e. The Morgan fingerprint density at radius 3 is 2.31 bits per heavy atom. The Morgan fingerprint density at radius 1 is 1.10 bits per heavy atom. The number of amides is 2.